The van der Waals surface area contributed by atoms with E-state index in [1.165, 1.54) is 36.4 Å². The molecule has 0 aromatic heterocycles. The molecule has 10 heteroatoms. The van der Waals surface area contributed by atoms with E-state index in [4.69, 9.17) is 9.47 Å². The molecule has 1 aliphatic carbocycles. The Balaban J connectivity index is 1.47. The van der Waals surface area contributed by atoms with E-state index >= 15 is 0 Å². The number of thioether (sulfide) groups is 1. The minimum Gasteiger partial charge on any atom is -0.462 e. The predicted molar refractivity (Wildman–Crippen MR) is 141 cm³/mol. The Morgan fingerprint density at radius 2 is 1.56 bits per heavy atom. The number of carbonyl (C=O) groups excluding carboxylic acids is 4. The summed E-state index contributed by atoms with van der Waals surface area (Å²) < 4.78 is 42.2. The first-order chi connectivity index (χ1) is 18.6. The van der Waals surface area contributed by atoms with Crippen molar-refractivity contribution in [2.75, 3.05) is 0 Å². The molecule has 0 radical (unpaired) electrons. The minimum absolute atomic E-state index is 0.0197. The summed E-state index contributed by atoms with van der Waals surface area (Å²) in [5, 5.41) is -0.484. The fraction of sp³-hybridized carbons (Fsp3) is 0.241. The lowest BCUT2D eigenvalue weighted by atomic mass is 9.98. The fourth-order valence-electron chi connectivity index (χ4n) is 3.58. The lowest BCUT2D eigenvalue weighted by Crippen LogP contribution is -2.22. The highest BCUT2D eigenvalue weighted by atomic mass is 32.2. The molecule has 0 saturated heterocycles. The number of carbonyl (C=O) groups is 4. The summed E-state index contributed by atoms with van der Waals surface area (Å²) in [4.78, 5) is 47.8. The number of hydrogen-bond donors (Lipinski definition) is 0. The van der Waals surface area contributed by atoms with Gasteiger partial charge in [0.15, 0.2) is 0 Å². The third kappa shape index (κ3) is 9.64. The average molecular weight is 557 g/mol. The molecular weight excluding hydrogens is 530 g/mol. The molecule has 0 unspecified atom stereocenters. The van der Waals surface area contributed by atoms with Crippen LogP contribution in [0.3, 0.4) is 0 Å². The van der Waals surface area contributed by atoms with Crippen molar-refractivity contribution in [2.45, 2.75) is 49.5 Å². The standard InChI is InChI=1S/C29H26F2O7S/c1-18(16-26(32)36-21-6-4-3-5-7-21)28(34)37-22-11-8-20(9-12-22)10-15-27(33)39-25-14-13-23(17-24(25)31)38-29(35)19(2)30/h8-15,17,21H,1-7,16H2/b15-10+. The van der Waals surface area contributed by atoms with Gasteiger partial charge in [-0.3, -0.25) is 9.59 Å². The molecule has 7 nitrogen and oxygen atoms in total. The monoisotopic (exact) mass is 556 g/mol. The predicted octanol–water partition coefficient (Wildman–Crippen LogP) is 6.27. The summed E-state index contributed by atoms with van der Waals surface area (Å²) in [7, 11) is 0. The molecule has 0 bridgehead atoms. The van der Waals surface area contributed by atoms with Gasteiger partial charge in [0, 0.05) is 11.6 Å². The maximum absolute atomic E-state index is 14.2. The van der Waals surface area contributed by atoms with Crippen molar-refractivity contribution in [1.29, 1.82) is 0 Å². The van der Waals surface area contributed by atoms with Gasteiger partial charge in [-0.05, 0) is 73.4 Å². The van der Waals surface area contributed by atoms with Crippen LogP contribution in [0.5, 0.6) is 11.5 Å². The molecule has 0 amide bonds. The Hall–Kier alpha value is -4.05. The molecular formula is C29H26F2O7S. The number of esters is 3. The summed E-state index contributed by atoms with van der Waals surface area (Å²) >= 11 is 0.604. The Bertz CT molecular complexity index is 1300. The molecule has 39 heavy (non-hydrogen) atoms. The van der Waals surface area contributed by atoms with Gasteiger partial charge >= 0.3 is 17.9 Å². The van der Waals surface area contributed by atoms with Gasteiger partial charge < -0.3 is 14.2 Å². The third-order valence-corrected chi connectivity index (χ3v) is 6.43. The second kappa shape index (κ2) is 14.2. The minimum atomic E-state index is -1.34. The second-order valence-electron chi connectivity index (χ2n) is 8.63. The molecule has 204 valence electrons. The highest BCUT2D eigenvalue weighted by molar-refractivity contribution is 8.14. The van der Waals surface area contributed by atoms with Gasteiger partial charge in [0.05, 0.1) is 11.3 Å². The molecule has 0 heterocycles. The van der Waals surface area contributed by atoms with Crippen LogP contribution in [0.2, 0.25) is 0 Å². The van der Waals surface area contributed by atoms with Gasteiger partial charge in [-0.25, -0.2) is 14.0 Å². The topological polar surface area (TPSA) is 96.0 Å². The van der Waals surface area contributed by atoms with E-state index in [0.29, 0.717) is 17.3 Å². The zero-order valence-corrected chi connectivity index (χ0v) is 21.8. The molecule has 3 rings (SSSR count). The Morgan fingerprint density at radius 3 is 2.21 bits per heavy atom. The summed E-state index contributed by atoms with van der Waals surface area (Å²) in [6.07, 6.45) is 7.19. The van der Waals surface area contributed by atoms with Crippen LogP contribution in [-0.4, -0.2) is 29.1 Å². The summed E-state index contributed by atoms with van der Waals surface area (Å²) in [6, 6.07) is 9.51. The average Bonchev–Trinajstić information content (AvgIpc) is 2.90. The van der Waals surface area contributed by atoms with Gasteiger partial charge in [-0.2, -0.15) is 4.39 Å². The van der Waals surface area contributed by atoms with Crippen molar-refractivity contribution >= 4 is 40.9 Å². The highest BCUT2D eigenvalue weighted by Gasteiger charge is 2.21. The molecule has 1 fully saturated rings. The smallest absolute Gasteiger partial charge is 0.371 e. The van der Waals surface area contributed by atoms with Crippen LogP contribution in [0.25, 0.3) is 6.08 Å². The summed E-state index contributed by atoms with van der Waals surface area (Å²) in [5.41, 5.74) is 0.585. The van der Waals surface area contributed by atoms with Crippen LogP contribution in [-0.2, 0) is 23.9 Å². The van der Waals surface area contributed by atoms with Crippen molar-refractivity contribution in [3.8, 4) is 11.5 Å². The SMILES string of the molecule is C=C(F)C(=O)Oc1ccc(SC(=O)/C=C/c2ccc(OC(=O)C(=C)CC(=O)OC3CCCCC3)cc2)c(F)c1. The largest absolute Gasteiger partial charge is 0.462 e. The third-order valence-electron chi connectivity index (χ3n) is 5.55. The Morgan fingerprint density at radius 1 is 0.923 bits per heavy atom. The number of hydrogen-bond acceptors (Lipinski definition) is 8. The lowest BCUT2D eigenvalue weighted by Gasteiger charge is -2.21. The van der Waals surface area contributed by atoms with E-state index in [-0.39, 0.29) is 34.5 Å². The van der Waals surface area contributed by atoms with Crippen molar-refractivity contribution < 1.29 is 42.2 Å². The van der Waals surface area contributed by atoms with Crippen LogP contribution < -0.4 is 9.47 Å². The molecule has 0 aliphatic heterocycles. The van der Waals surface area contributed by atoms with Gasteiger partial charge in [-0.1, -0.05) is 37.8 Å². The van der Waals surface area contributed by atoms with Gasteiger partial charge in [0.25, 0.3) is 0 Å². The van der Waals surface area contributed by atoms with Gasteiger partial charge in [0.2, 0.25) is 10.9 Å². The normalized spacial score (nSPS) is 13.5. The first-order valence-electron chi connectivity index (χ1n) is 12.1. The van der Waals surface area contributed by atoms with E-state index < -0.39 is 34.7 Å². The first kappa shape index (κ1) is 29.5. The second-order valence-corrected chi connectivity index (χ2v) is 9.68. The van der Waals surface area contributed by atoms with E-state index in [9.17, 15) is 28.0 Å². The van der Waals surface area contributed by atoms with Crippen molar-refractivity contribution in [3.05, 3.63) is 84.5 Å². The van der Waals surface area contributed by atoms with Crippen LogP contribution in [0.4, 0.5) is 8.78 Å². The van der Waals surface area contributed by atoms with Crippen LogP contribution in [0, 0.1) is 5.82 Å². The molecule has 2 aromatic carbocycles. The first-order valence-corrected chi connectivity index (χ1v) is 12.9. The highest BCUT2D eigenvalue weighted by Crippen LogP contribution is 2.27. The molecule has 1 saturated carbocycles. The zero-order chi connectivity index (χ0) is 28.4. The van der Waals surface area contributed by atoms with Crippen molar-refractivity contribution in [2.24, 2.45) is 0 Å². The molecule has 0 atom stereocenters. The number of halogens is 2. The number of benzene rings is 2. The zero-order valence-electron chi connectivity index (χ0n) is 21.0. The van der Waals surface area contributed by atoms with E-state index in [1.807, 2.05) is 0 Å². The molecule has 2 aromatic rings. The number of ether oxygens (including phenoxy) is 3. The maximum atomic E-state index is 14.2. The van der Waals surface area contributed by atoms with Crippen LogP contribution in [0.15, 0.2) is 78.0 Å². The quantitative estimate of drug-likeness (QED) is 0.146. The van der Waals surface area contributed by atoms with E-state index in [0.717, 1.165) is 38.2 Å². The maximum Gasteiger partial charge on any atom is 0.371 e. The Kier molecular flexibility index (Phi) is 10.7. The van der Waals surface area contributed by atoms with Crippen LogP contribution >= 0.6 is 11.8 Å². The Labute approximate surface area is 228 Å². The lowest BCUT2D eigenvalue weighted by molar-refractivity contribution is -0.150. The molecule has 0 spiro atoms. The van der Waals surface area contributed by atoms with Gasteiger partial charge in [-0.15, -0.1) is 0 Å². The summed E-state index contributed by atoms with van der Waals surface area (Å²) in [6.45, 7) is 6.42. The fourth-order valence-corrected chi connectivity index (χ4v) is 4.23. The molecule has 1 aliphatic rings. The van der Waals surface area contributed by atoms with Crippen LogP contribution in [0.1, 0.15) is 44.1 Å². The van der Waals surface area contributed by atoms with Crippen molar-refractivity contribution in [3.63, 3.8) is 0 Å². The summed E-state index contributed by atoms with van der Waals surface area (Å²) in [5.74, 6) is -4.75. The molecule has 0 N–H and O–H groups in total. The van der Waals surface area contributed by atoms with E-state index in [2.05, 4.69) is 17.9 Å². The van der Waals surface area contributed by atoms with Gasteiger partial charge in [0.1, 0.15) is 23.4 Å². The van der Waals surface area contributed by atoms with Crippen molar-refractivity contribution in [1.82, 2.24) is 0 Å². The number of rotatable bonds is 10. The van der Waals surface area contributed by atoms with E-state index in [1.54, 1.807) is 12.1 Å².